The molecule has 31 heavy (non-hydrogen) atoms. The molecule has 0 N–H and O–H groups in total. The number of hydrogen-bond donors (Lipinski definition) is 0. The first-order chi connectivity index (χ1) is 14.8. The third-order valence-corrected chi connectivity index (χ3v) is 7.01. The Morgan fingerprint density at radius 2 is 1.74 bits per heavy atom. The molecule has 0 bridgehead atoms. The van der Waals surface area contributed by atoms with E-state index < -0.39 is 21.7 Å². The standard InChI is InChI=1S/C19H16ClFN4O4S2/c20-13-1-5-15(6-2-13)25-22-17(19(26)24-9-11-29-12-10-24)18(30-25)23-31(27,28)16-7-3-14(21)4-8-16/h1-8H,9-12H2/b23-18-. The maximum Gasteiger partial charge on any atom is 0.283 e. The Balaban J connectivity index is 1.82. The molecule has 0 unspecified atom stereocenters. The molecule has 162 valence electrons. The van der Waals surface area contributed by atoms with Gasteiger partial charge in [0.15, 0.2) is 10.4 Å². The van der Waals surface area contributed by atoms with E-state index in [-0.39, 0.29) is 15.3 Å². The van der Waals surface area contributed by atoms with E-state index in [4.69, 9.17) is 16.3 Å². The summed E-state index contributed by atoms with van der Waals surface area (Å²) >= 11 is 6.83. The third kappa shape index (κ3) is 4.85. The van der Waals surface area contributed by atoms with Gasteiger partial charge in [-0.3, -0.25) is 4.79 Å². The van der Waals surface area contributed by atoms with E-state index in [1.54, 1.807) is 24.3 Å². The van der Waals surface area contributed by atoms with Gasteiger partial charge in [-0.15, -0.1) is 9.50 Å². The molecule has 1 aliphatic rings. The molecule has 1 aliphatic heterocycles. The number of rotatable bonds is 4. The predicted molar refractivity (Wildman–Crippen MR) is 112 cm³/mol. The molecular formula is C19H16ClFN4O4S2. The molecule has 0 radical (unpaired) electrons. The van der Waals surface area contributed by atoms with Crippen molar-refractivity contribution in [2.75, 3.05) is 26.3 Å². The van der Waals surface area contributed by atoms with Gasteiger partial charge in [0.25, 0.3) is 15.9 Å². The molecule has 1 amide bonds. The number of carbonyl (C=O) groups is 1. The summed E-state index contributed by atoms with van der Waals surface area (Å²) in [6, 6.07) is 11.0. The minimum atomic E-state index is -4.19. The lowest BCUT2D eigenvalue weighted by Gasteiger charge is -2.25. The van der Waals surface area contributed by atoms with Crippen LogP contribution in [0.2, 0.25) is 5.02 Å². The van der Waals surface area contributed by atoms with Crippen molar-refractivity contribution in [1.29, 1.82) is 0 Å². The monoisotopic (exact) mass is 482 g/mol. The van der Waals surface area contributed by atoms with E-state index in [0.717, 1.165) is 35.8 Å². The summed E-state index contributed by atoms with van der Waals surface area (Å²) < 4.78 is 49.2. The maximum absolute atomic E-state index is 13.2. The number of morpholine rings is 1. The fraction of sp³-hybridized carbons (Fsp3) is 0.211. The Hall–Kier alpha value is -2.60. The number of aromatic nitrogens is 2. The number of amides is 1. The van der Waals surface area contributed by atoms with Crippen molar-refractivity contribution < 1.29 is 22.3 Å². The Bertz CT molecular complexity index is 1270. The highest BCUT2D eigenvalue weighted by Crippen LogP contribution is 2.16. The van der Waals surface area contributed by atoms with Crippen LogP contribution in [-0.4, -0.2) is 54.7 Å². The lowest BCUT2D eigenvalue weighted by atomic mass is 10.3. The van der Waals surface area contributed by atoms with Crippen LogP contribution in [0.1, 0.15) is 10.5 Å². The molecule has 1 aromatic heterocycles. The van der Waals surface area contributed by atoms with E-state index in [0.29, 0.717) is 37.0 Å². The average Bonchev–Trinajstić information content (AvgIpc) is 3.17. The first-order valence-corrected chi connectivity index (χ1v) is 11.7. The third-order valence-electron chi connectivity index (χ3n) is 4.43. The molecule has 0 aliphatic carbocycles. The smallest absolute Gasteiger partial charge is 0.283 e. The predicted octanol–water partition coefficient (Wildman–Crippen LogP) is 2.49. The Kier molecular flexibility index (Phi) is 6.19. The van der Waals surface area contributed by atoms with E-state index in [2.05, 4.69) is 9.50 Å². The highest BCUT2D eigenvalue weighted by atomic mass is 35.5. The molecule has 0 saturated carbocycles. The summed E-state index contributed by atoms with van der Waals surface area (Å²) in [4.78, 5) is 14.4. The summed E-state index contributed by atoms with van der Waals surface area (Å²) in [5.41, 5.74) is 0.499. The highest BCUT2D eigenvalue weighted by molar-refractivity contribution is 7.90. The van der Waals surface area contributed by atoms with Crippen LogP contribution in [0.25, 0.3) is 5.69 Å². The zero-order valence-corrected chi connectivity index (χ0v) is 18.3. The van der Waals surface area contributed by atoms with Crippen molar-refractivity contribution >= 4 is 39.1 Å². The second-order valence-electron chi connectivity index (χ2n) is 6.52. The topological polar surface area (TPSA) is 93.9 Å². The van der Waals surface area contributed by atoms with Crippen LogP contribution in [0.15, 0.2) is 57.8 Å². The summed E-state index contributed by atoms with van der Waals surface area (Å²) in [5, 5.41) is 4.84. The number of benzene rings is 2. The van der Waals surface area contributed by atoms with E-state index in [9.17, 15) is 17.6 Å². The molecule has 3 aromatic rings. The molecule has 0 atom stereocenters. The Morgan fingerprint density at radius 1 is 1.10 bits per heavy atom. The fourth-order valence-corrected chi connectivity index (χ4v) is 5.01. The van der Waals surface area contributed by atoms with Gasteiger partial charge in [-0.05, 0) is 60.1 Å². The molecule has 0 spiro atoms. The number of hydrogen-bond acceptors (Lipinski definition) is 6. The van der Waals surface area contributed by atoms with Gasteiger partial charge in [0.2, 0.25) is 0 Å². The molecule has 4 rings (SSSR count). The molecule has 2 aromatic carbocycles. The fourth-order valence-electron chi connectivity index (χ4n) is 2.84. The number of sulfonamides is 1. The summed E-state index contributed by atoms with van der Waals surface area (Å²) in [6.45, 7) is 1.49. The van der Waals surface area contributed by atoms with Crippen LogP contribution in [0, 0.1) is 5.82 Å². The van der Waals surface area contributed by atoms with Crippen molar-refractivity contribution in [3.63, 3.8) is 0 Å². The first kappa shape index (κ1) is 21.6. The van der Waals surface area contributed by atoms with Crippen molar-refractivity contribution in [3.8, 4) is 5.69 Å². The van der Waals surface area contributed by atoms with Crippen LogP contribution in [0.3, 0.4) is 0 Å². The highest BCUT2D eigenvalue weighted by Gasteiger charge is 2.25. The van der Waals surface area contributed by atoms with Crippen LogP contribution in [0.4, 0.5) is 4.39 Å². The van der Waals surface area contributed by atoms with Gasteiger partial charge >= 0.3 is 0 Å². The second-order valence-corrected chi connectivity index (χ2v) is 9.47. The zero-order valence-electron chi connectivity index (χ0n) is 15.9. The summed E-state index contributed by atoms with van der Waals surface area (Å²) in [6.07, 6.45) is 0. The van der Waals surface area contributed by atoms with Gasteiger partial charge in [-0.1, -0.05) is 11.6 Å². The normalized spacial score (nSPS) is 15.3. The molecule has 1 fully saturated rings. The van der Waals surface area contributed by atoms with Gasteiger partial charge in [0.1, 0.15) is 5.82 Å². The minimum absolute atomic E-state index is 0.0734. The molecule has 8 nitrogen and oxygen atoms in total. The average molecular weight is 483 g/mol. The van der Waals surface area contributed by atoms with Gasteiger partial charge in [-0.2, -0.15) is 12.5 Å². The van der Waals surface area contributed by atoms with Gasteiger partial charge in [-0.25, -0.2) is 4.39 Å². The Labute approximate surface area is 186 Å². The lowest BCUT2D eigenvalue weighted by molar-refractivity contribution is 0.0298. The zero-order chi connectivity index (χ0) is 22.0. The molecular weight excluding hydrogens is 467 g/mol. The van der Waals surface area contributed by atoms with E-state index in [1.807, 2.05) is 0 Å². The van der Waals surface area contributed by atoms with Crippen LogP contribution in [0.5, 0.6) is 0 Å². The second kappa shape index (κ2) is 8.87. The van der Waals surface area contributed by atoms with Crippen molar-refractivity contribution in [2.24, 2.45) is 4.40 Å². The SMILES string of the molecule is O=C(c1nn(-c2ccc(Cl)cc2)s/c1=N\S(=O)(=O)c1ccc(F)cc1)N1CCOCC1. The van der Waals surface area contributed by atoms with Crippen LogP contribution >= 0.6 is 23.1 Å². The van der Waals surface area contributed by atoms with Crippen molar-refractivity contribution in [2.45, 2.75) is 4.90 Å². The maximum atomic E-state index is 13.2. The summed E-state index contributed by atoms with van der Waals surface area (Å²) in [7, 11) is -4.19. The van der Waals surface area contributed by atoms with E-state index >= 15 is 0 Å². The summed E-state index contributed by atoms with van der Waals surface area (Å²) in [5.74, 6) is -1.01. The van der Waals surface area contributed by atoms with Crippen molar-refractivity contribution in [1.82, 2.24) is 14.1 Å². The van der Waals surface area contributed by atoms with Crippen LogP contribution in [-0.2, 0) is 14.8 Å². The van der Waals surface area contributed by atoms with Gasteiger partial charge in [0.05, 0.1) is 23.8 Å². The van der Waals surface area contributed by atoms with Gasteiger partial charge in [0, 0.05) is 18.1 Å². The quantitative estimate of drug-likeness (QED) is 0.569. The minimum Gasteiger partial charge on any atom is -0.378 e. The number of carbonyl (C=O) groups excluding carboxylic acids is 1. The number of halogens is 2. The number of nitrogens with zero attached hydrogens (tertiary/aromatic N) is 4. The largest absolute Gasteiger partial charge is 0.378 e. The first-order valence-electron chi connectivity index (χ1n) is 9.14. The lowest BCUT2D eigenvalue weighted by Crippen LogP contribution is -2.42. The Morgan fingerprint density at radius 3 is 2.39 bits per heavy atom. The van der Waals surface area contributed by atoms with E-state index in [1.165, 1.54) is 8.97 Å². The molecule has 1 saturated heterocycles. The molecule has 12 heteroatoms. The van der Waals surface area contributed by atoms with Gasteiger partial charge < -0.3 is 9.64 Å². The number of ether oxygens (including phenoxy) is 1. The van der Waals surface area contributed by atoms with Crippen molar-refractivity contribution in [3.05, 3.63) is 69.7 Å². The molecule has 2 heterocycles. The van der Waals surface area contributed by atoms with Crippen LogP contribution < -0.4 is 4.67 Å².